The molecule has 0 radical (unpaired) electrons. The molecule has 0 saturated heterocycles. The fourth-order valence-corrected chi connectivity index (χ4v) is 2.57. The molecule has 0 spiro atoms. The molecule has 0 unspecified atom stereocenters. The predicted molar refractivity (Wildman–Crippen MR) is 100 cm³/mol. The van der Waals surface area contributed by atoms with Crippen LogP contribution in [0.15, 0.2) is 42.5 Å². The zero-order valence-corrected chi connectivity index (χ0v) is 15.7. The number of carbonyl (C=O) groups is 1. The second kappa shape index (κ2) is 7.45. The molecular weight excluding hydrogens is 345 g/mol. The molecule has 3 nitrogen and oxygen atoms in total. The average Bonchev–Trinajstić information content (AvgIpc) is 2.49. The number of rotatable bonds is 4. The van der Waals surface area contributed by atoms with E-state index in [2.05, 4.69) is 26.1 Å². The highest BCUT2D eigenvalue weighted by Crippen LogP contribution is 2.28. The van der Waals surface area contributed by atoms with Gasteiger partial charge in [-0.3, -0.25) is 4.79 Å². The van der Waals surface area contributed by atoms with Crippen LogP contribution in [0.2, 0.25) is 10.0 Å². The first kappa shape index (κ1) is 18.6. The van der Waals surface area contributed by atoms with E-state index < -0.39 is 6.10 Å². The van der Waals surface area contributed by atoms with Gasteiger partial charge in [-0.25, -0.2) is 0 Å². The highest BCUT2D eigenvalue weighted by molar-refractivity contribution is 6.35. The van der Waals surface area contributed by atoms with Crippen molar-refractivity contribution in [2.24, 2.45) is 0 Å². The third-order valence-corrected chi connectivity index (χ3v) is 4.12. The predicted octanol–water partition coefficient (Wildman–Crippen LogP) is 5.70. The minimum absolute atomic E-state index is 0.0737. The first-order chi connectivity index (χ1) is 11.2. The van der Waals surface area contributed by atoms with Crippen molar-refractivity contribution in [3.63, 3.8) is 0 Å². The van der Waals surface area contributed by atoms with Crippen molar-refractivity contribution in [1.29, 1.82) is 0 Å². The van der Waals surface area contributed by atoms with E-state index in [1.165, 1.54) is 5.56 Å². The van der Waals surface area contributed by atoms with Gasteiger partial charge in [0.2, 0.25) is 0 Å². The second-order valence-electron chi connectivity index (χ2n) is 6.65. The monoisotopic (exact) mass is 365 g/mol. The largest absolute Gasteiger partial charge is 0.479 e. The SMILES string of the molecule is C[C@@H](Oc1ccc(Cl)cc1Cl)C(=O)Nc1ccc(C(C)(C)C)cc1. The van der Waals surface area contributed by atoms with Crippen molar-refractivity contribution in [3.05, 3.63) is 58.1 Å². The van der Waals surface area contributed by atoms with Gasteiger partial charge in [-0.2, -0.15) is 0 Å². The van der Waals surface area contributed by atoms with E-state index in [1.807, 2.05) is 24.3 Å². The minimum Gasteiger partial charge on any atom is -0.479 e. The molecule has 1 amide bonds. The molecule has 1 atom stereocenters. The summed E-state index contributed by atoms with van der Waals surface area (Å²) in [5.41, 5.74) is 2.01. The van der Waals surface area contributed by atoms with Gasteiger partial charge >= 0.3 is 0 Å². The summed E-state index contributed by atoms with van der Waals surface area (Å²) in [7, 11) is 0. The lowest BCUT2D eigenvalue weighted by molar-refractivity contribution is -0.122. The molecule has 24 heavy (non-hydrogen) atoms. The molecule has 0 aliphatic rings. The fraction of sp³-hybridized carbons (Fsp3) is 0.316. The Morgan fingerprint density at radius 2 is 1.71 bits per heavy atom. The number of hydrogen-bond acceptors (Lipinski definition) is 2. The molecule has 2 rings (SSSR count). The van der Waals surface area contributed by atoms with Crippen LogP contribution in [0.5, 0.6) is 5.75 Å². The Morgan fingerprint density at radius 1 is 1.08 bits per heavy atom. The van der Waals surface area contributed by atoms with Crippen LogP contribution in [-0.2, 0) is 10.2 Å². The van der Waals surface area contributed by atoms with Gasteiger partial charge in [0.25, 0.3) is 5.91 Å². The molecule has 0 saturated carbocycles. The van der Waals surface area contributed by atoms with Gasteiger partial charge in [0.05, 0.1) is 5.02 Å². The van der Waals surface area contributed by atoms with Gasteiger partial charge in [0.15, 0.2) is 6.10 Å². The molecule has 128 valence electrons. The van der Waals surface area contributed by atoms with Crippen LogP contribution >= 0.6 is 23.2 Å². The number of halogens is 2. The van der Waals surface area contributed by atoms with Crippen molar-refractivity contribution >= 4 is 34.8 Å². The number of hydrogen-bond donors (Lipinski definition) is 1. The Labute approximate surface area is 152 Å². The van der Waals surface area contributed by atoms with Crippen molar-refractivity contribution in [2.45, 2.75) is 39.2 Å². The summed E-state index contributed by atoms with van der Waals surface area (Å²) in [4.78, 5) is 12.3. The maximum Gasteiger partial charge on any atom is 0.265 e. The Hall–Kier alpha value is -1.71. The average molecular weight is 366 g/mol. The van der Waals surface area contributed by atoms with Crippen molar-refractivity contribution in [3.8, 4) is 5.75 Å². The zero-order valence-electron chi connectivity index (χ0n) is 14.2. The van der Waals surface area contributed by atoms with Crippen molar-refractivity contribution in [2.75, 3.05) is 5.32 Å². The first-order valence-corrected chi connectivity index (χ1v) is 8.45. The van der Waals surface area contributed by atoms with E-state index >= 15 is 0 Å². The summed E-state index contributed by atoms with van der Waals surface area (Å²) < 4.78 is 5.61. The lowest BCUT2D eigenvalue weighted by Crippen LogP contribution is -2.30. The highest BCUT2D eigenvalue weighted by Gasteiger charge is 2.17. The molecule has 0 heterocycles. The van der Waals surface area contributed by atoms with E-state index in [0.29, 0.717) is 15.8 Å². The van der Waals surface area contributed by atoms with Crippen LogP contribution in [-0.4, -0.2) is 12.0 Å². The Kier molecular flexibility index (Phi) is 5.79. The molecule has 5 heteroatoms. The van der Waals surface area contributed by atoms with Gasteiger partial charge < -0.3 is 10.1 Å². The fourth-order valence-electron chi connectivity index (χ4n) is 2.11. The molecule has 0 fully saturated rings. The molecule has 0 bridgehead atoms. The quantitative estimate of drug-likeness (QED) is 0.754. The number of benzene rings is 2. The number of ether oxygens (including phenoxy) is 1. The topological polar surface area (TPSA) is 38.3 Å². The Morgan fingerprint density at radius 3 is 2.25 bits per heavy atom. The molecule has 0 aliphatic heterocycles. The summed E-state index contributed by atoms with van der Waals surface area (Å²) >= 11 is 11.9. The van der Waals surface area contributed by atoms with Gasteiger partial charge in [-0.05, 0) is 48.2 Å². The van der Waals surface area contributed by atoms with Crippen LogP contribution in [0.4, 0.5) is 5.69 Å². The minimum atomic E-state index is -0.689. The maximum absolute atomic E-state index is 12.3. The highest BCUT2D eigenvalue weighted by atomic mass is 35.5. The van der Waals surface area contributed by atoms with E-state index in [1.54, 1.807) is 25.1 Å². The van der Waals surface area contributed by atoms with Crippen LogP contribution in [0.1, 0.15) is 33.3 Å². The second-order valence-corrected chi connectivity index (χ2v) is 7.50. The third-order valence-electron chi connectivity index (χ3n) is 3.59. The van der Waals surface area contributed by atoms with Gasteiger partial charge in [0.1, 0.15) is 5.75 Å². The van der Waals surface area contributed by atoms with Gasteiger partial charge in [-0.1, -0.05) is 56.1 Å². The summed E-state index contributed by atoms with van der Waals surface area (Å²) in [5, 5.41) is 3.73. The van der Waals surface area contributed by atoms with E-state index in [4.69, 9.17) is 27.9 Å². The van der Waals surface area contributed by atoms with Crippen LogP contribution in [0.3, 0.4) is 0 Å². The van der Waals surface area contributed by atoms with E-state index in [0.717, 1.165) is 5.69 Å². The standard InChI is InChI=1S/C19H21Cl2NO2/c1-12(24-17-10-7-14(20)11-16(17)21)18(23)22-15-8-5-13(6-9-15)19(2,3)4/h5-12H,1-4H3,(H,22,23)/t12-/m1/s1. The van der Waals surface area contributed by atoms with E-state index in [9.17, 15) is 4.79 Å². The van der Waals surface area contributed by atoms with Gasteiger partial charge in [-0.15, -0.1) is 0 Å². The Balaban J connectivity index is 2.01. The van der Waals surface area contributed by atoms with Crippen molar-refractivity contribution in [1.82, 2.24) is 0 Å². The summed E-state index contributed by atoms with van der Waals surface area (Å²) in [6.45, 7) is 8.11. The Bertz CT molecular complexity index is 721. The lowest BCUT2D eigenvalue weighted by Gasteiger charge is -2.20. The first-order valence-electron chi connectivity index (χ1n) is 7.70. The van der Waals surface area contributed by atoms with Gasteiger partial charge in [0, 0.05) is 10.7 Å². The zero-order chi connectivity index (χ0) is 17.9. The van der Waals surface area contributed by atoms with Crippen molar-refractivity contribution < 1.29 is 9.53 Å². The number of anilines is 1. The summed E-state index contributed by atoms with van der Waals surface area (Å²) in [6, 6.07) is 12.7. The van der Waals surface area contributed by atoms with Crippen LogP contribution in [0.25, 0.3) is 0 Å². The molecule has 2 aromatic carbocycles. The third kappa shape index (κ3) is 4.89. The van der Waals surface area contributed by atoms with E-state index in [-0.39, 0.29) is 11.3 Å². The number of amides is 1. The summed E-state index contributed by atoms with van der Waals surface area (Å²) in [6.07, 6.45) is -0.689. The smallest absolute Gasteiger partial charge is 0.265 e. The molecule has 0 aromatic heterocycles. The molecule has 2 aromatic rings. The lowest BCUT2D eigenvalue weighted by atomic mass is 9.87. The maximum atomic E-state index is 12.3. The molecule has 0 aliphatic carbocycles. The number of nitrogens with one attached hydrogen (secondary N) is 1. The number of carbonyl (C=O) groups excluding carboxylic acids is 1. The molecular formula is C19H21Cl2NO2. The molecule has 1 N–H and O–H groups in total. The van der Waals surface area contributed by atoms with Crippen LogP contribution < -0.4 is 10.1 Å². The summed E-state index contributed by atoms with van der Waals surface area (Å²) in [5.74, 6) is 0.177. The normalized spacial score (nSPS) is 12.6. The van der Waals surface area contributed by atoms with Crippen LogP contribution in [0, 0.1) is 0 Å².